The lowest BCUT2D eigenvalue weighted by Crippen LogP contribution is -2.35. The summed E-state index contributed by atoms with van der Waals surface area (Å²) in [6.45, 7) is 3.96. The van der Waals surface area contributed by atoms with Gasteiger partial charge in [-0.3, -0.25) is 9.59 Å². The molecule has 0 bridgehead atoms. The monoisotopic (exact) mass is 261 g/mol. The number of carbonyl (C=O) groups excluding carboxylic acids is 2. The second kappa shape index (κ2) is 5.43. The van der Waals surface area contributed by atoms with Crippen LogP contribution in [0, 0.1) is 5.92 Å². The molecule has 1 aromatic rings. The van der Waals surface area contributed by atoms with Crippen LogP contribution in [0.15, 0.2) is 24.3 Å². The number of esters is 1. The highest BCUT2D eigenvalue weighted by Gasteiger charge is 2.42. The van der Waals surface area contributed by atoms with Crippen molar-refractivity contribution >= 4 is 17.6 Å². The molecule has 0 N–H and O–H groups in total. The normalized spacial score (nSPS) is 22.7. The number of nitrogens with zero attached hydrogens (tertiary/aromatic N) is 1. The summed E-state index contributed by atoms with van der Waals surface area (Å²) in [6.07, 6.45) is 1.08. The molecule has 1 heterocycles. The standard InChI is InChI=1S/C15H19NO3/c1-4-11-7-5-6-8-13(11)16-10(2)12(9-14(16)17)15(18)19-3/h5-8,10,12H,4,9H2,1-3H3. The molecule has 1 aliphatic rings. The van der Waals surface area contributed by atoms with E-state index < -0.39 is 0 Å². The van der Waals surface area contributed by atoms with E-state index in [0.717, 1.165) is 17.7 Å². The van der Waals surface area contributed by atoms with Gasteiger partial charge >= 0.3 is 5.97 Å². The fourth-order valence-corrected chi connectivity index (χ4v) is 2.69. The molecule has 1 amide bonds. The maximum absolute atomic E-state index is 12.2. The molecule has 2 atom stereocenters. The summed E-state index contributed by atoms with van der Waals surface area (Å²) < 4.78 is 4.78. The van der Waals surface area contributed by atoms with Crippen LogP contribution in [0.4, 0.5) is 5.69 Å². The summed E-state index contributed by atoms with van der Waals surface area (Å²) in [5.74, 6) is -0.691. The van der Waals surface area contributed by atoms with Gasteiger partial charge in [-0.15, -0.1) is 0 Å². The summed E-state index contributed by atoms with van der Waals surface area (Å²) in [7, 11) is 1.36. The summed E-state index contributed by atoms with van der Waals surface area (Å²) >= 11 is 0. The van der Waals surface area contributed by atoms with Crippen LogP contribution in [0.2, 0.25) is 0 Å². The van der Waals surface area contributed by atoms with Gasteiger partial charge in [0.25, 0.3) is 0 Å². The van der Waals surface area contributed by atoms with Crippen molar-refractivity contribution in [2.45, 2.75) is 32.7 Å². The summed E-state index contributed by atoms with van der Waals surface area (Å²) in [5, 5.41) is 0. The predicted molar refractivity (Wildman–Crippen MR) is 72.9 cm³/mol. The first-order chi connectivity index (χ1) is 9.10. The second-order valence-corrected chi connectivity index (χ2v) is 4.82. The number of carbonyl (C=O) groups is 2. The van der Waals surface area contributed by atoms with Gasteiger partial charge in [0.2, 0.25) is 5.91 Å². The Kier molecular flexibility index (Phi) is 3.88. The Morgan fingerprint density at radius 1 is 1.42 bits per heavy atom. The Bertz CT molecular complexity index is 498. The number of hydrogen-bond donors (Lipinski definition) is 0. The lowest BCUT2D eigenvalue weighted by atomic mass is 10.0. The Labute approximate surface area is 113 Å². The van der Waals surface area contributed by atoms with E-state index in [9.17, 15) is 9.59 Å². The summed E-state index contributed by atoms with van der Waals surface area (Å²) in [4.78, 5) is 25.6. The molecule has 1 fully saturated rings. The fraction of sp³-hybridized carbons (Fsp3) is 0.467. The fourth-order valence-electron chi connectivity index (χ4n) is 2.69. The van der Waals surface area contributed by atoms with Crippen LogP contribution in [0.1, 0.15) is 25.8 Å². The number of ether oxygens (including phenoxy) is 1. The van der Waals surface area contributed by atoms with Gasteiger partial charge in [0.15, 0.2) is 0 Å². The Morgan fingerprint density at radius 3 is 2.74 bits per heavy atom. The van der Waals surface area contributed by atoms with Crippen LogP contribution in [0.3, 0.4) is 0 Å². The largest absolute Gasteiger partial charge is 0.469 e. The van der Waals surface area contributed by atoms with E-state index in [-0.39, 0.29) is 30.3 Å². The van der Waals surface area contributed by atoms with Crippen LogP contribution in [0.5, 0.6) is 0 Å². The Hall–Kier alpha value is -1.84. The minimum Gasteiger partial charge on any atom is -0.469 e. The molecule has 1 saturated heterocycles. The summed E-state index contributed by atoms with van der Waals surface area (Å²) in [5.41, 5.74) is 2.03. The number of amides is 1. The molecule has 4 nitrogen and oxygen atoms in total. The molecule has 102 valence electrons. The third-order valence-electron chi connectivity index (χ3n) is 3.79. The molecule has 2 unspecified atom stereocenters. The van der Waals surface area contributed by atoms with E-state index in [2.05, 4.69) is 6.92 Å². The third kappa shape index (κ3) is 2.35. The van der Waals surface area contributed by atoms with E-state index >= 15 is 0 Å². The molecular weight excluding hydrogens is 242 g/mol. The van der Waals surface area contributed by atoms with E-state index in [1.165, 1.54) is 7.11 Å². The van der Waals surface area contributed by atoms with Gasteiger partial charge in [0, 0.05) is 18.2 Å². The Balaban J connectivity index is 2.35. The molecule has 0 aliphatic carbocycles. The number of methoxy groups -OCH3 is 1. The van der Waals surface area contributed by atoms with Gasteiger partial charge in [-0.25, -0.2) is 0 Å². The molecule has 19 heavy (non-hydrogen) atoms. The number of rotatable bonds is 3. The predicted octanol–water partition coefficient (Wildman–Crippen LogP) is 2.16. The van der Waals surface area contributed by atoms with Crippen molar-refractivity contribution in [3.63, 3.8) is 0 Å². The van der Waals surface area contributed by atoms with Gasteiger partial charge in [-0.05, 0) is 25.0 Å². The van der Waals surface area contributed by atoms with Crippen molar-refractivity contribution in [3.05, 3.63) is 29.8 Å². The van der Waals surface area contributed by atoms with Crippen LogP contribution < -0.4 is 4.90 Å². The first kappa shape index (κ1) is 13.6. The van der Waals surface area contributed by atoms with Crippen molar-refractivity contribution < 1.29 is 14.3 Å². The summed E-state index contributed by atoms with van der Waals surface area (Å²) in [6, 6.07) is 7.67. The molecule has 0 aromatic heterocycles. The van der Waals surface area contributed by atoms with Crippen molar-refractivity contribution in [3.8, 4) is 0 Å². The maximum atomic E-state index is 12.2. The van der Waals surface area contributed by atoms with Gasteiger partial charge in [-0.1, -0.05) is 25.1 Å². The molecule has 0 radical (unpaired) electrons. The zero-order valence-electron chi connectivity index (χ0n) is 11.6. The first-order valence-electron chi connectivity index (χ1n) is 6.58. The van der Waals surface area contributed by atoms with Crippen molar-refractivity contribution in [2.75, 3.05) is 12.0 Å². The SMILES string of the molecule is CCc1ccccc1N1C(=O)CC(C(=O)OC)C1C. The van der Waals surface area contributed by atoms with E-state index in [1.807, 2.05) is 31.2 Å². The number of benzene rings is 1. The maximum Gasteiger partial charge on any atom is 0.311 e. The van der Waals surface area contributed by atoms with Gasteiger partial charge in [0.1, 0.15) is 0 Å². The van der Waals surface area contributed by atoms with Crippen LogP contribution in [-0.2, 0) is 20.7 Å². The average molecular weight is 261 g/mol. The van der Waals surface area contributed by atoms with Crippen molar-refractivity contribution in [1.82, 2.24) is 0 Å². The zero-order chi connectivity index (χ0) is 14.0. The van der Waals surface area contributed by atoms with Crippen LogP contribution in [-0.4, -0.2) is 25.0 Å². The van der Waals surface area contributed by atoms with E-state index in [4.69, 9.17) is 4.74 Å². The highest BCUT2D eigenvalue weighted by Crippen LogP contribution is 2.33. The minimum absolute atomic E-state index is 0.0104. The van der Waals surface area contributed by atoms with Gasteiger partial charge in [0.05, 0.1) is 13.0 Å². The molecule has 4 heteroatoms. The van der Waals surface area contributed by atoms with Gasteiger partial charge < -0.3 is 9.64 Å². The van der Waals surface area contributed by atoms with Crippen LogP contribution >= 0.6 is 0 Å². The lowest BCUT2D eigenvalue weighted by molar-refractivity contribution is -0.146. The van der Waals surface area contributed by atoms with E-state index in [0.29, 0.717) is 0 Å². The molecule has 0 saturated carbocycles. The lowest BCUT2D eigenvalue weighted by Gasteiger charge is -2.26. The van der Waals surface area contributed by atoms with E-state index in [1.54, 1.807) is 4.90 Å². The molecule has 1 aliphatic heterocycles. The highest BCUT2D eigenvalue weighted by molar-refractivity contribution is 6.00. The third-order valence-corrected chi connectivity index (χ3v) is 3.79. The smallest absolute Gasteiger partial charge is 0.311 e. The second-order valence-electron chi connectivity index (χ2n) is 4.82. The molecule has 2 rings (SSSR count). The van der Waals surface area contributed by atoms with Gasteiger partial charge in [-0.2, -0.15) is 0 Å². The number of anilines is 1. The number of aryl methyl sites for hydroxylation is 1. The number of hydrogen-bond acceptors (Lipinski definition) is 3. The minimum atomic E-state index is -0.373. The molecular formula is C15H19NO3. The molecule has 1 aromatic carbocycles. The van der Waals surface area contributed by atoms with Crippen LogP contribution in [0.25, 0.3) is 0 Å². The molecule has 0 spiro atoms. The quantitative estimate of drug-likeness (QED) is 0.783. The Morgan fingerprint density at radius 2 is 2.11 bits per heavy atom. The topological polar surface area (TPSA) is 46.6 Å². The first-order valence-corrected chi connectivity index (χ1v) is 6.58. The highest BCUT2D eigenvalue weighted by atomic mass is 16.5. The average Bonchev–Trinajstić information content (AvgIpc) is 2.73. The van der Waals surface area contributed by atoms with Crippen molar-refractivity contribution in [2.24, 2.45) is 5.92 Å². The van der Waals surface area contributed by atoms with Crippen molar-refractivity contribution in [1.29, 1.82) is 0 Å². The zero-order valence-corrected chi connectivity index (χ0v) is 11.6. The number of para-hydroxylation sites is 1.